The van der Waals surface area contributed by atoms with Crippen LogP contribution in [0.15, 0.2) is 84.0 Å². The zero-order chi connectivity index (χ0) is 22.1. The highest BCUT2D eigenvalue weighted by Gasteiger charge is 2.09. The number of benzene rings is 3. The van der Waals surface area contributed by atoms with E-state index in [2.05, 4.69) is 22.6 Å². The zero-order valence-corrected chi connectivity index (χ0v) is 17.9. The second kappa shape index (κ2) is 11.0. The predicted octanol–water partition coefficient (Wildman–Crippen LogP) is 5.49. The van der Waals surface area contributed by atoms with Crippen LogP contribution in [-0.2, 0) is 22.6 Å². The third-order valence-electron chi connectivity index (χ3n) is 4.68. The van der Waals surface area contributed by atoms with Gasteiger partial charge in [0.05, 0.1) is 0 Å². The fourth-order valence-electron chi connectivity index (χ4n) is 3.10. The summed E-state index contributed by atoms with van der Waals surface area (Å²) in [5, 5.41) is 16.6. The molecule has 5 nitrogen and oxygen atoms in total. The minimum Gasteiger partial charge on any atom is -0.481 e. The van der Waals surface area contributed by atoms with Crippen LogP contribution in [-0.4, -0.2) is 22.9 Å². The number of anilines is 1. The van der Waals surface area contributed by atoms with Crippen molar-refractivity contribution in [2.24, 2.45) is 5.16 Å². The monoisotopic (exact) mass is 416 g/mol. The van der Waals surface area contributed by atoms with Crippen molar-refractivity contribution in [1.29, 1.82) is 0 Å². The topological polar surface area (TPSA) is 70.9 Å². The summed E-state index contributed by atoms with van der Waals surface area (Å²) in [5.74, 6) is -0.778. The fourth-order valence-corrected chi connectivity index (χ4v) is 3.10. The first-order chi connectivity index (χ1) is 15.0. The fraction of sp³-hybridized carbons (Fsp3) is 0.231. The van der Waals surface area contributed by atoms with Crippen LogP contribution in [0.1, 0.15) is 42.5 Å². The molecule has 31 heavy (non-hydrogen) atoms. The highest BCUT2D eigenvalue weighted by molar-refractivity contribution is 6.12. The molecule has 0 heterocycles. The summed E-state index contributed by atoms with van der Waals surface area (Å²) in [4.78, 5) is 16.3. The molecule has 3 aromatic carbocycles. The summed E-state index contributed by atoms with van der Waals surface area (Å²) in [6.45, 7) is 4.58. The molecule has 0 saturated heterocycles. The van der Waals surface area contributed by atoms with E-state index in [1.165, 1.54) is 0 Å². The second-order valence-electron chi connectivity index (χ2n) is 7.60. The Morgan fingerprint density at radius 2 is 1.65 bits per heavy atom. The van der Waals surface area contributed by atoms with Gasteiger partial charge in [0.2, 0.25) is 0 Å². The van der Waals surface area contributed by atoms with Gasteiger partial charge < -0.3 is 15.3 Å². The molecule has 0 aliphatic carbocycles. The maximum absolute atomic E-state index is 10.7. The molecule has 5 heteroatoms. The van der Waals surface area contributed by atoms with Crippen molar-refractivity contribution in [2.45, 2.75) is 39.3 Å². The Labute approximate surface area is 183 Å². The van der Waals surface area contributed by atoms with Crippen LogP contribution in [0.3, 0.4) is 0 Å². The maximum atomic E-state index is 10.7. The largest absolute Gasteiger partial charge is 0.481 e. The molecule has 0 aromatic heterocycles. The number of carboxylic acid groups (broad SMARTS) is 1. The first kappa shape index (κ1) is 22.1. The van der Waals surface area contributed by atoms with Gasteiger partial charge in [-0.15, -0.1) is 0 Å². The second-order valence-corrected chi connectivity index (χ2v) is 7.60. The van der Waals surface area contributed by atoms with Gasteiger partial charge >= 0.3 is 5.97 Å². The van der Waals surface area contributed by atoms with Gasteiger partial charge in [0.15, 0.2) is 0 Å². The Morgan fingerprint density at radius 3 is 2.32 bits per heavy atom. The Hall–Kier alpha value is -3.60. The Kier molecular flexibility index (Phi) is 7.82. The van der Waals surface area contributed by atoms with Crippen LogP contribution in [0.5, 0.6) is 0 Å². The predicted molar refractivity (Wildman–Crippen MR) is 124 cm³/mol. The molecule has 2 N–H and O–H groups in total. The highest BCUT2D eigenvalue weighted by atomic mass is 16.6. The van der Waals surface area contributed by atoms with E-state index in [9.17, 15) is 4.79 Å². The average molecular weight is 417 g/mol. The lowest BCUT2D eigenvalue weighted by Gasteiger charge is -2.12. The van der Waals surface area contributed by atoms with E-state index in [1.807, 2.05) is 80.6 Å². The van der Waals surface area contributed by atoms with Gasteiger partial charge in [-0.05, 0) is 49.6 Å². The maximum Gasteiger partial charge on any atom is 0.303 e. The van der Waals surface area contributed by atoms with Gasteiger partial charge in [0.1, 0.15) is 11.8 Å². The van der Waals surface area contributed by atoms with E-state index in [0.29, 0.717) is 13.0 Å². The normalized spacial score (nSPS) is 11.4. The van der Waals surface area contributed by atoms with E-state index in [-0.39, 0.29) is 12.5 Å². The summed E-state index contributed by atoms with van der Waals surface area (Å²) >= 11 is 0. The van der Waals surface area contributed by atoms with Crippen molar-refractivity contribution >= 4 is 17.4 Å². The molecule has 0 aliphatic heterocycles. The number of aryl methyl sites for hydroxylation is 1. The van der Waals surface area contributed by atoms with Crippen molar-refractivity contribution < 1.29 is 14.7 Å². The number of aliphatic carboxylic acids is 1. The van der Waals surface area contributed by atoms with Crippen molar-refractivity contribution in [3.63, 3.8) is 0 Å². The first-order valence-electron chi connectivity index (χ1n) is 10.4. The molecule has 0 spiro atoms. The van der Waals surface area contributed by atoms with Gasteiger partial charge in [0.25, 0.3) is 0 Å². The summed E-state index contributed by atoms with van der Waals surface area (Å²) in [6.07, 6.45) is 0.686. The number of rotatable bonds is 10. The minimum absolute atomic E-state index is 0.00188. The molecule has 0 amide bonds. The molecule has 0 fully saturated rings. The third-order valence-corrected chi connectivity index (χ3v) is 4.68. The first-order valence-corrected chi connectivity index (χ1v) is 10.4. The van der Waals surface area contributed by atoms with Crippen molar-refractivity contribution in [1.82, 2.24) is 0 Å². The molecule has 3 rings (SSSR count). The highest BCUT2D eigenvalue weighted by Crippen LogP contribution is 2.16. The van der Waals surface area contributed by atoms with Crippen LogP contribution in [0.4, 0.5) is 5.69 Å². The summed E-state index contributed by atoms with van der Waals surface area (Å²) in [7, 11) is 0. The molecule has 3 aromatic rings. The van der Waals surface area contributed by atoms with E-state index in [1.54, 1.807) is 0 Å². The van der Waals surface area contributed by atoms with Crippen LogP contribution >= 0.6 is 0 Å². The number of carboxylic acids is 1. The molecular weight excluding hydrogens is 388 g/mol. The number of nitrogens with one attached hydrogen (secondary N) is 1. The lowest BCUT2D eigenvalue weighted by atomic mass is 10.0. The molecule has 160 valence electrons. The number of hydrogen-bond donors (Lipinski definition) is 2. The van der Waals surface area contributed by atoms with Crippen molar-refractivity contribution in [2.75, 3.05) is 5.32 Å². The summed E-state index contributed by atoms with van der Waals surface area (Å²) in [6, 6.07) is 26.2. The summed E-state index contributed by atoms with van der Waals surface area (Å²) in [5.41, 5.74) is 5.94. The van der Waals surface area contributed by atoms with E-state index < -0.39 is 5.97 Å². The number of nitrogens with zero attached hydrogens (tertiary/aromatic N) is 1. The van der Waals surface area contributed by atoms with Crippen molar-refractivity contribution in [3.05, 3.63) is 101 Å². The lowest BCUT2D eigenvalue weighted by molar-refractivity contribution is -0.136. The van der Waals surface area contributed by atoms with E-state index in [0.717, 1.165) is 33.7 Å². The molecule has 0 aliphatic rings. The molecule has 0 unspecified atom stereocenters. The quantitative estimate of drug-likeness (QED) is 0.338. The summed E-state index contributed by atoms with van der Waals surface area (Å²) < 4.78 is 0. The lowest BCUT2D eigenvalue weighted by Crippen LogP contribution is -2.08. The van der Waals surface area contributed by atoms with Crippen LogP contribution in [0, 0.1) is 0 Å². The van der Waals surface area contributed by atoms with Crippen LogP contribution < -0.4 is 5.32 Å². The third kappa shape index (κ3) is 7.00. The number of hydrogen-bond acceptors (Lipinski definition) is 4. The Bertz CT molecular complexity index is 1010. The van der Waals surface area contributed by atoms with Gasteiger partial charge in [-0.1, -0.05) is 65.8 Å². The smallest absolute Gasteiger partial charge is 0.303 e. The van der Waals surface area contributed by atoms with Gasteiger partial charge in [-0.3, -0.25) is 4.79 Å². The SMILES string of the molecule is CC(C)ON=C(c1ccccc1)c1cccc(CNc2ccc(CCC(=O)O)cc2)c1. The van der Waals surface area contributed by atoms with Crippen LogP contribution in [0.2, 0.25) is 0 Å². The van der Waals surface area contributed by atoms with Gasteiger partial charge in [-0.25, -0.2) is 0 Å². The van der Waals surface area contributed by atoms with Gasteiger partial charge in [-0.2, -0.15) is 0 Å². The molecule has 0 bridgehead atoms. The minimum atomic E-state index is -0.778. The van der Waals surface area contributed by atoms with Crippen molar-refractivity contribution in [3.8, 4) is 0 Å². The standard InChI is InChI=1S/C26H28N2O3/c1-19(2)31-28-26(22-8-4-3-5-9-22)23-10-6-7-21(17-23)18-27-24-14-11-20(12-15-24)13-16-25(29)30/h3-12,14-15,17,19,27H,13,16,18H2,1-2H3,(H,29,30). The number of carbonyl (C=O) groups is 1. The Morgan fingerprint density at radius 1 is 0.935 bits per heavy atom. The zero-order valence-electron chi connectivity index (χ0n) is 17.9. The molecule has 0 radical (unpaired) electrons. The van der Waals surface area contributed by atoms with Gasteiger partial charge in [0, 0.05) is 29.8 Å². The van der Waals surface area contributed by atoms with Crippen LogP contribution in [0.25, 0.3) is 0 Å². The number of oxime groups is 1. The van der Waals surface area contributed by atoms with E-state index in [4.69, 9.17) is 9.94 Å². The van der Waals surface area contributed by atoms with E-state index >= 15 is 0 Å². The Balaban J connectivity index is 1.71. The molecule has 0 atom stereocenters. The molecular formula is C26H28N2O3. The average Bonchev–Trinajstić information content (AvgIpc) is 2.78. The molecule has 0 saturated carbocycles.